The lowest BCUT2D eigenvalue weighted by molar-refractivity contribution is 0.0897. The van der Waals surface area contributed by atoms with Crippen molar-refractivity contribution < 1.29 is 14.4 Å². The molecule has 0 saturated heterocycles. The topological polar surface area (TPSA) is 75.4 Å². The van der Waals surface area contributed by atoms with Crippen LogP contribution in [0.2, 0.25) is 0 Å². The van der Waals surface area contributed by atoms with E-state index in [1.54, 1.807) is 6.92 Å². The largest absolute Gasteiger partial charge is 0.396 e. The van der Waals surface area contributed by atoms with Crippen LogP contribution in [0, 0.1) is 6.92 Å². The molecule has 5 nitrogen and oxygen atoms in total. The summed E-state index contributed by atoms with van der Waals surface area (Å²) < 4.78 is 5.02. The highest BCUT2D eigenvalue weighted by molar-refractivity contribution is 5.96. The van der Waals surface area contributed by atoms with Crippen LogP contribution >= 0.6 is 0 Å². The lowest BCUT2D eigenvalue weighted by atomic mass is 10.00. The number of carbonyl (C=O) groups excluding carboxylic acids is 1. The fraction of sp³-hybridized carbons (Fsp3) is 0.667. The summed E-state index contributed by atoms with van der Waals surface area (Å²) in [5.41, 5.74) is 0.735. The smallest absolute Gasteiger partial charge is 0.257 e. The molecule has 0 atom stereocenters. The van der Waals surface area contributed by atoms with Gasteiger partial charge in [-0.15, -0.1) is 0 Å². The molecule has 1 heterocycles. The molecule has 5 heteroatoms. The first-order valence-electron chi connectivity index (χ1n) is 5.79. The number of rotatable bonds is 5. The quantitative estimate of drug-likeness (QED) is 0.816. The molecule has 2 N–H and O–H groups in total. The van der Waals surface area contributed by atoms with Crippen LogP contribution in [-0.4, -0.2) is 28.3 Å². The van der Waals surface area contributed by atoms with E-state index in [1.165, 1.54) is 0 Å². The van der Waals surface area contributed by atoms with Crippen molar-refractivity contribution in [3.63, 3.8) is 0 Å². The number of nitrogens with one attached hydrogen (secondary N) is 1. The van der Waals surface area contributed by atoms with Gasteiger partial charge in [0.2, 0.25) is 0 Å². The molecular weight excluding hydrogens is 220 g/mol. The van der Waals surface area contributed by atoms with E-state index in [1.807, 2.05) is 20.8 Å². The molecule has 0 unspecified atom stereocenters. The van der Waals surface area contributed by atoms with E-state index in [-0.39, 0.29) is 12.5 Å². The fourth-order valence-corrected chi connectivity index (χ4v) is 1.66. The second-order valence-electron chi connectivity index (χ2n) is 4.73. The lowest BCUT2D eigenvalue weighted by Crippen LogP contribution is -2.44. The summed E-state index contributed by atoms with van der Waals surface area (Å²) in [6, 6.07) is 0. The number of aliphatic hydroxyl groups excluding tert-OH is 1. The highest BCUT2D eigenvalue weighted by Gasteiger charge is 2.25. The summed E-state index contributed by atoms with van der Waals surface area (Å²) in [6.07, 6.45) is 1.16. The minimum Gasteiger partial charge on any atom is -0.396 e. The minimum absolute atomic E-state index is 0.0382. The highest BCUT2D eigenvalue weighted by atomic mass is 16.5. The predicted molar refractivity (Wildman–Crippen MR) is 63.9 cm³/mol. The van der Waals surface area contributed by atoms with Crippen LogP contribution in [0.4, 0.5) is 0 Å². The van der Waals surface area contributed by atoms with Gasteiger partial charge in [-0.05, 0) is 33.6 Å². The SMILES string of the molecule is CCc1noc(C)c1C(=O)NC(C)(C)CCO. The molecule has 0 fully saturated rings. The molecule has 1 aromatic heterocycles. The first-order valence-corrected chi connectivity index (χ1v) is 5.79. The molecule has 0 aliphatic carbocycles. The second-order valence-corrected chi connectivity index (χ2v) is 4.73. The molecule has 0 aliphatic rings. The van der Waals surface area contributed by atoms with E-state index < -0.39 is 5.54 Å². The Labute approximate surface area is 101 Å². The van der Waals surface area contributed by atoms with E-state index >= 15 is 0 Å². The van der Waals surface area contributed by atoms with E-state index in [0.29, 0.717) is 29.9 Å². The van der Waals surface area contributed by atoms with Crippen molar-refractivity contribution in [1.29, 1.82) is 0 Å². The number of aromatic nitrogens is 1. The van der Waals surface area contributed by atoms with Gasteiger partial charge in [0.1, 0.15) is 11.3 Å². The van der Waals surface area contributed by atoms with E-state index in [9.17, 15) is 4.79 Å². The van der Waals surface area contributed by atoms with Crippen LogP contribution in [-0.2, 0) is 6.42 Å². The molecule has 0 aromatic carbocycles. The Morgan fingerprint density at radius 3 is 2.71 bits per heavy atom. The van der Waals surface area contributed by atoms with Crippen molar-refractivity contribution in [2.75, 3.05) is 6.61 Å². The summed E-state index contributed by atoms with van der Waals surface area (Å²) in [7, 11) is 0. The molecule has 0 saturated carbocycles. The summed E-state index contributed by atoms with van der Waals surface area (Å²) in [4.78, 5) is 12.1. The van der Waals surface area contributed by atoms with Crippen molar-refractivity contribution in [2.45, 2.75) is 46.1 Å². The summed E-state index contributed by atoms with van der Waals surface area (Å²) in [5.74, 6) is 0.332. The number of hydrogen-bond acceptors (Lipinski definition) is 4. The van der Waals surface area contributed by atoms with Crippen molar-refractivity contribution in [3.8, 4) is 0 Å². The number of aryl methyl sites for hydroxylation is 2. The maximum atomic E-state index is 12.1. The molecule has 0 aliphatic heterocycles. The van der Waals surface area contributed by atoms with Gasteiger partial charge >= 0.3 is 0 Å². The van der Waals surface area contributed by atoms with Gasteiger partial charge in [0.05, 0.1) is 5.69 Å². The van der Waals surface area contributed by atoms with Crippen LogP contribution in [0.3, 0.4) is 0 Å². The Morgan fingerprint density at radius 2 is 2.18 bits per heavy atom. The summed E-state index contributed by atoms with van der Waals surface area (Å²) >= 11 is 0. The van der Waals surface area contributed by atoms with Gasteiger partial charge in [-0.3, -0.25) is 4.79 Å². The lowest BCUT2D eigenvalue weighted by Gasteiger charge is -2.25. The first-order chi connectivity index (χ1) is 7.91. The number of nitrogens with zero attached hydrogens (tertiary/aromatic N) is 1. The minimum atomic E-state index is -0.444. The monoisotopic (exact) mass is 240 g/mol. The average molecular weight is 240 g/mol. The van der Waals surface area contributed by atoms with Crippen molar-refractivity contribution >= 4 is 5.91 Å². The zero-order valence-corrected chi connectivity index (χ0v) is 10.8. The van der Waals surface area contributed by atoms with Crippen LogP contribution in [0.25, 0.3) is 0 Å². The Bertz CT molecular complexity index is 396. The predicted octanol–water partition coefficient (Wildman–Crippen LogP) is 1.44. The third-order valence-electron chi connectivity index (χ3n) is 2.68. The van der Waals surface area contributed by atoms with E-state index in [4.69, 9.17) is 9.63 Å². The van der Waals surface area contributed by atoms with Crippen molar-refractivity contribution in [3.05, 3.63) is 17.0 Å². The summed E-state index contributed by atoms with van der Waals surface area (Å²) in [6.45, 7) is 7.43. The fourth-order valence-electron chi connectivity index (χ4n) is 1.66. The second kappa shape index (κ2) is 5.31. The Morgan fingerprint density at radius 1 is 1.53 bits per heavy atom. The third kappa shape index (κ3) is 3.30. The molecule has 1 amide bonds. The van der Waals surface area contributed by atoms with Crippen LogP contribution in [0.5, 0.6) is 0 Å². The van der Waals surface area contributed by atoms with Crippen LogP contribution < -0.4 is 5.32 Å². The van der Waals surface area contributed by atoms with Crippen molar-refractivity contribution in [1.82, 2.24) is 10.5 Å². The van der Waals surface area contributed by atoms with Gasteiger partial charge in [-0.25, -0.2) is 0 Å². The van der Waals surface area contributed by atoms with Crippen LogP contribution in [0.1, 0.15) is 49.0 Å². The van der Waals surface area contributed by atoms with Gasteiger partial charge < -0.3 is 14.9 Å². The number of aliphatic hydroxyl groups is 1. The van der Waals surface area contributed by atoms with Gasteiger partial charge in [0.25, 0.3) is 5.91 Å². The normalized spacial score (nSPS) is 11.6. The zero-order valence-electron chi connectivity index (χ0n) is 10.8. The average Bonchev–Trinajstić information content (AvgIpc) is 2.58. The van der Waals surface area contributed by atoms with Crippen LogP contribution in [0.15, 0.2) is 4.52 Å². The molecular formula is C12H20N2O3. The van der Waals surface area contributed by atoms with Gasteiger partial charge in [0, 0.05) is 12.1 Å². The van der Waals surface area contributed by atoms with Gasteiger partial charge in [-0.2, -0.15) is 0 Å². The highest BCUT2D eigenvalue weighted by Crippen LogP contribution is 2.16. The molecule has 1 aromatic rings. The molecule has 1 rings (SSSR count). The standard InChI is InChI=1S/C12H20N2O3/c1-5-9-10(8(2)17-14-9)11(16)13-12(3,4)6-7-15/h15H,5-7H2,1-4H3,(H,13,16). The van der Waals surface area contributed by atoms with Gasteiger partial charge in [-0.1, -0.05) is 12.1 Å². The Hall–Kier alpha value is -1.36. The maximum Gasteiger partial charge on any atom is 0.257 e. The maximum absolute atomic E-state index is 12.1. The third-order valence-corrected chi connectivity index (χ3v) is 2.68. The number of carbonyl (C=O) groups is 1. The molecule has 0 spiro atoms. The number of amides is 1. The first kappa shape index (κ1) is 13.7. The molecule has 96 valence electrons. The Kier molecular flexibility index (Phi) is 4.28. The number of hydrogen-bond donors (Lipinski definition) is 2. The zero-order chi connectivity index (χ0) is 13.1. The molecule has 0 radical (unpaired) electrons. The van der Waals surface area contributed by atoms with E-state index in [2.05, 4.69) is 10.5 Å². The molecule has 17 heavy (non-hydrogen) atoms. The molecule has 0 bridgehead atoms. The Balaban J connectivity index is 2.86. The van der Waals surface area contributed by atoms with E-state index in [0.717, 1.165) is 0 Å². The van der Waals surface area contributed by atoms with Gasteiger partial charge in [0.15, 0.2) is 0 Å². The van der Waals surface area contributed by atoms with Crippen molar-refractivity contribution in [2.24, 2.45) is 0 Å². The summed E-state index contributed by atoms with van der Waals surface area (Å²) in [5, 5.41) is 15.6.